The predicted octanol–water partition coefficient (Wildman–Crippen LogP) is 1.71. The summed E-state index contributed by atoms with van der Waals surface area (Å²) >= 11 is 0. The minimum absolute atomic E-state index is 0.193. The highest BCUT2D eigenvalue weighted by molar-refractivity contribution is 5.74. The molecule has 0 aliphatic rings. The summed E-state index contributed by atoms with van der Waals surface area (Å²) in [5.41, 5.74) is 5.22. The van der Waals surface area contributed by atoms with Crippen LogP contribution in [0.15, 0.2) is 12.2 Å². The lowest BCUT2D eigenvalue weighted by Gasteiger charge is -2.23. The van der Waals surface area contributed by atoms with Gasteiger partial charge in [-0.25, -0.2) is 0 Å². The molecule has 5 atom stereocenters. The van der Waals surface area contributed by atoms with Gasteiger partial charge in [-0.15, -0.1) is 0 Å². The average Bonchev–Trinajstić information content (AvgIpc) is 2.65. The zero-order valence-electron chi connectivity index (χ0n) is 16.5. The number of hydrogen-bond acceptors (Lipinski definition) is 6. The Kier molecular flexibility index (Phi) is 15.4. The molecule has 0 aromatic carbocycles. The van der Waals surface area contributed by atoms with Crippen molar-refractivity contribution in [2.75, 3.05) is 0 Å². The molecule has 0 aliphatic carbocycles. The van der Waals surface area contributed by atoms with E-state index in [1.165, 1.54) is 25.3 Å². The SMILES string of the molecule is CCCCCCC(O)CCCCCC/C=C/C(O)C(O)C(O)C(N)C(=O)O. The molecule has 0 spiro atoms. The van der Waals surface area contributed by atoms with Gasteiger partial charge >= 0.3 is 5.97 Å². The van der Waals surface area contributed by atoms with Crippen molar-refractivity contribution in [2.45, 2.75) is 108 Å². The summed E-state index contributed by atoms with van der Waals surface area (Å²) in [6.45, 7) is 2.17. The fourth-order valence-electron chi connectivity index (χ4n) is 2.86. The Labute approximate surface area is 162 Å². The van der Waals surface area contributed by atoms with Crippen molar-refractivity contribution in [1.29, 1.82) is 0 Å². The van der Waals surface area contributed by atoms with Crippen LogP contribution < -0.4 is 5.73 Å². The topological polar surface area (TPSA) is 144 Å². The van der Waals surface area contributed by atoms with Crippen molar-refractivity contribution < 1.29 is 30.3 Å². The molecule has 0 amide bonds. The molecule has 5 unspecified atom stereocenters. The smallest absolute Gasteiger partial charge is 0.323 e. The fourth-order valence-corrected chi connectivity index (χ4v) is 2.86. The van der Waals surface area contributed by atoms with Crippen LogP contribution in [0.4, 0.5) is 0 Å². The van der Waals surface area contributed by atoms with Crippen molar-refractivity contribution in [3.63, 3.8) is 0 Å². The maximum Gasteiger partial charge on any atom is 0.323 e. The minimum atomic E-state index is -1.74. The first kappa shape index (κ1) is 26.0. The van der Waals surface area contributed by atoms with E-state index >= 15 is 0 Å². The molecule has 7 heteroatoms. The number of aliphatic hydroxyl groups excluding tert-OH is 4. The van der Waals surface area contributed by atoms with Crippen molar-refractivity contribution >= 4 is 5.97 Å². The molecule has 0 saturated carbocycles. The van der Waals surface area contributed by atoms with Crippen LogP contribution >= 0.6 is 0 Å². The van der Waals surface area contributed by atoms with Crippen LogP contribution in [-0.2, 0) is 4.79 Å². The van der Waals surface area contributed by atoms with Crippen LogP contribution in [0.25, 0.3) is 0 Å². The number of hydrogen-bond donors (Lipinski definition) is 6. The Morgan fingerprint density at radius 3 is 2.00 bits per heavy atom. The number of aliphatic carboxylic acids is 1. The van der Waals surface area contributed by atoms with Crippen molar-refractivity contribution in [3.05, 3.63) is 12.2 Å². The Bertz CT molecular complexity index is 404. The number of allylic oxidation sites excluding steroid dienone is 1. The molecule has 0 heterocycles. The second kappa shape index (κ2) is 16.0. The highest BCUT2D eigenvalue weighted by Gasteiger charge is 2.32. The zero-order valence-corrected chi connectivity index (χ0v) is 16.5. The molecule has 0 rings (SSSR count). The number of carbonyl (C=O) groups is 1. The first-order chi connectivity index (χ1) is 12.8. The van der Waals surface area contributed by atoms with Crippen LogP contribution in [0.1, 0.15) is 77.6 Å². The van der Waals surface area contributed by atoms with Gasteiger partial charge in [-0.2, -0.15) is 0 Å². The molecule has 0 saturated heterocycles. The minimum Gasteiger partial charge on any atom is -0.480 e. The molecule has 27 heavy (non-hydrogen) atoms. The summed E-state index contributed by atoms with van der Waals surface area (Å²) in [6, 6.07) is -1.65. The van der Waals surface area contributed by atoms with Gasteiger partial charge in [0.05, 0.1) is 6.10 Å². The Morgan fingerprint density at radius 2 is 1.44 bits per heavy atom. The lowest BCUT2D eigenvalue weighted by atomic mass is 10.0. The van der Waals surface area contributed by atoms with E-state index in [1.54, 1.807) is 6.08 Å². The number of nitrogens with two attached hydrogens (primary N) is 1. The van der Waals surface area contributed by atoms with Crippen molar-refractivity contribution in [1.82, 2.24) is 0 Å². The number of rotatable bonds is 17. The highest BCUT2D eigenvalue weighted by Crippen LogP contribution is 2.13. The van der Waals surface area contributed by atoms with Gasteiger partial charge in [0.25, 0.3) is 0 Å². The van der Waals surface area contributed by atoms with Gasteiger partial charge in [0.15, 0.2) is 0 Å². The molecule has 0 aromatic rings. The van der Waals surface area contributed by atoms with Gasteiger partial charge in [0.2, 0.25) is 0 Å². The fraction of sp³-hybridized carbons (Fsp3) is 0.850. The third kappa shape index (κ3) is 12.9. The molecule has 7 nitrogen and oxygen atoms in total. The largest absolute Gasteiger partial charge is 0.480 e. The lowest BCUT2D eigenvalue weighted by molar-refractivity contribution is -0.145. The third-order valence-corrected chi connectivity index (χ3v) is 4.74. The maximum atomic E-state index is 10.7. The van der Waals surface area contributed by atoms with E-state index in [9.17, 15) is 25.2 Å². The first-order valence-corrected chi connectivity index (χ1v) is 10.2. The standard InChI is InChI=1S/C20H39NO6/c1-2-3-4-9-12-15(22)13-10-7-5-6-8-11-14-16(23)18(24)19(25)17(21)20(26)27/h11,14-19,22-25H,2-10,12-13,21H2,1H3,(H,26,27)/b14-11+. The van der Waals surface area contributed by atoms with E-state index in [4.69, 9.17) is 10.8 Å². The normalized spacial score (nSPS) is 17.6. The molecular weight excluding hydrogens is 350 g/mol. The van der Waals surface area contributed by atoms with E-state index in [2.05, 4.69) is 6.92 Å². The summed E-state index contributed by atoms with van der Waals surface area (Å²) < 4.78 is 0. The quantitative estimate of drug-likeness (QED) is 0.164. The number of unbranched alkanes of at least 4 members (excludes halogenated alkanes) is 7. The van der Waals surface area contributed by atoms with Gasteiger partial charge in [-0.3, -0.25) is 4.79 Å². The van der Waals surface area contributed by atoms with E-state index in [0.717, 1.165) is 44.9 Å². The van der Waals surface area contributed by atoms with E-state index in [-0.39, 0.29) is 6.10 Å². The first-order valence-electron chi connectivity index (χ1n) is 10.2. The lowest BCUT2D eigenvalue weighted by Crippen LogP contribution is -2.51. The molecule has 7 N–H and O–H groups in total. The van der Waals surface area contributed by atoms with E-state index < -0.39 is 30.3 Å². The van der Waals surface area contributed by atoms with Crippen LogP contribution in [0.2, 0.25) is 0 Å². The Morgan fingerprint density at radius 1 is 0.889 bits per heavy atom. The van der Waals surface area contributed by atoms with Gasteiger partial charge < -0.3 is 31.3 Å². The molecule has 0 aromatic heterocycles. The number of carboxylic acids is 1. The molecule has 0 radical (unpaired) electrons. The summed E-state index contributed by atoms with van der Waals surface area (Å²) in [4.78, 5) is 10.7. The second-order valence-electron chi connectivity index (χ2n) is 7.26. The summed E-state index contributed by atoms with van der Waals surface area (Å²) in [5, 5.41) is 47.6. The Balaban J connectivity index is 3.75. The molecule has 0 aliphatic heterocycles. The predicted molar refractivity (Wildman–Crippen MR) is 105 cm³/mol. The van der Waals surface area contributed by atoms with Gasteiger partial charge in [0.1, 0.15) is 24.4 Å². The number of aliphatic hydroxyl groups is 4. The third-order valence-electron chi connectivity index (χ3n) is 4.74. The van der Waals surface area contributed by atoms with Crippen LogP contribution in [0, 0.1) is 0 Å². The average molecular weight is 390 g/mol. The second-order valence-corrected chi connectivity index (χ2v) is 7.26. The van der Waals surface area contributed by atoms with Crippen LogP contribution in [0.5, 0.6) is 0 Å². The highest BCUT2D eigenvalue weighted by atomic mass is 16.4. The molecule has 0 fully saturated rings. The monoisotopic (exact) mass is 389 g/mol. The van der Waals surface area contributed by atoms with E-state index in [1.807, 2.05) is 0 Å². The number of carboxylic acid groups (broad SMARTS) is 1. The Hall–Kier alpha value is -0.990. The molecule has 160 valence electrons. The maximum absolute atomic E-state index is 10.7. The molecule has 0 bridgehead atoms. The molecular formula is C20H39NO6. The van der Waals surface area contributed by atoms with Gasteiger partial charge in [-0.05, 0) is 25.7 Å². The van der Waals surface area contributed by atoms with Gasteiger partial charge in [0, 0.05) is 0 Å². The van der Waals surface area contributed by atoms with Crippen LogP contribution in [0.3, 0.4) is 0 Å². The summed E-state index contributed by atoms with van der Waals surface area (Å²) in [6.07, 6.45) is 9.25. The van der Waals surface area contributed by atoms with Gasteiger partial charge in [-0.1, -0.05) is 64.0 Å². The van der Waals surface area contributed by atoms with Crippen molar-refractivity contribution in [3.8, 4) is 0 Å². The van der Waals surface area contributed by atoms with Crippen LogP contribution in [-0.4, -0.2) is 62.0 Å². The van der Waals surface area contributed by atoms with E-state index in [0.29, 0.717) is 6.42 Å². The zero-order chi connectivity index (χ0) is 20.7. The summed E-state index contributed by atoms with van der Waals surface area (Å²) in [7, 11) is 0. The summed E-state index contributed by atoms with van der Waals surface area (Å²) in [5.74, 6) is -1.44. The van der Waals surface area contributed by atoms with Crippen molar-refractivity contribution in [2.24, 2.45) is 5.73 Å².